The molecular formula is C18H15ClF2O4. The average Bonchev–Trinajstić information content (AvgIpc) is 2.59. The number of halogens is 3. The Labute approximate surface area is 148 Å². The summed E-state index contributed by atoms with van der Waals surface area (Å²) >= 11 is 6.11. The molecule has 0 saturated carbocycles. The molecule has 0 heterocycles. The molecule has 0 N–H and O–H groups in total. The minimum atomic E-state index is -2.91. The van der Waals surface area contributed by atoms with Crippen LogP contribution in [-0.4, -0.2) is 26.6 Å². The molecule has 0 aliphatic carbocycles. The Bertz CT molecular complexity index is 773. The highest BCUT2D eigenvalue weighted by molar-refractivity contribution is 6.32. The van der Waals surface area contributed by atoms with Gasteiger partial charge >= 0.3 is 6.61 Å². The summed E-state index contributed by atoms with van der Waals surface area (Å²) in [5, 5.41) is 0.349. The minimum absolute atomic E-state index is 0.0118. The van der Waals surface area contributed by atoms with Crippen LogP contribution in [0.4, 0.5) is 8.78 Å². The van der Waals surface area contributed by atoms with Gasteiger partial charge in [0.05, 0.1) is 19.2 Å². The molecule has 2 aromatic carbocycles. The van der Waals surface area contributed by atoms with E-state index in [9.17, 15) is 13.6 Å². The first-order valence-electron chi connectivity index (χ1n) is 7.13. The van der Waals surface area contributed by atoms with Gasteiger partial charge in [-0.25, -0.2) is 0 Å². The first-order chi connectivity index (χ1) is 11.9. The topological polar surface area (TPSA) is 44.8 Å². The molecule has 7 heteroatoms. The number of carbonyl (C=O) groups is 1. The van der Waals surface area contributed by atoms with Gasteiger partial charge in [0.25, 0.3) is 0 Å². The molecule has 0 radical (unpaired) electrons. The minimum Gasteiger partial charge on any atom is -0.493 e. The van der Waals surface area contributed by atoms with Crippen molar-refractivity contribution in [2.45, 2.75) is 6.61 Å². The predicted octanol–water partition coefficient (Wildman–Crippen LogP) is 4.85. The van der Waals surface area contributed by atoms with Crippen LogP contribution in [0.25, 0.3) is 6.08 Å². The predicted molar refractivity (Wildman–Crippen MR) is 91.0 cm³/mol. The van der Waals surface area contributed by atoms with Crippen LogP contribution in [0.5, 0.6) is 17.2 Å². The lowest BCUT2D eigenvalue weighted by molar-refractivity contribution is -0.0498. The van der Waals surface area contributed by atoms with Gasteiger partial charge in [0.1, 0.15) is 5.75 Å². The van der Waals surface area contributed by atoms with E-state index in [-0.39, 0.29) is 11.5 Å². The van der Waals surface area contributed by atoms with E-state index < -0.39 is 6.61 Å². The van der Waals surface area contributed by atoms with Gasteiger partial charge in [-0.3, -0.25) is 4.79 Å². The number of ether oxygens (including phenoxy) is 3. The standard InChI is InChI=1S/C18H15ClF2O4/c1-23-16-10-11(9-14(19)17(16)24-2)3-8-15(22)12-4-6-13(7-5-12)25-18(20)21/h3-10,18H,1-2H3/b8-3+. The molecule has 0 aromatic heterocycles. The molecule has 0 bridgehead atoms. The number of hydrogen-bond acceptors (Lipinski definition) is 4. The van der Waals surface area contributed by atoms with Crippen LogP contribution < -0.4 is 14.2 Å². The van der Waals surface area contributed by atoms with Crippen molar-refractivity contribution in [1.29, 1.82) is 0 Å². The Morgan fingerprint density at radius 2 is 1.80 bits per heavy atom. The molecule has 0 spiro atoms. The van der Waals surface area contributed by atoms with Gasteiger partial charge in [0.15, 0.2) is 17.3 Å². The summed E-state index contributed by atoms with van der Waals surface area (Å²) in [5.74, 6) is 0.537. The van der Waals surface area contributed by atoms with Crippen LogP contribution in [-0.2, 0) is 0 Å². The highest BCUT2D eigenvalue weighted by atomic mass is 35.5. The fraction of sp³-hybridized carbons (Fsp3) is 0.167. The van der Waals surface area contributed by atoms with Crippen molar-refractivity contribution in [3.8, 4) is 17.2 Å². The Morgan fingerprint density at radius 3 is 2.36 bits per heavy atom. The molecule has 2 aromatic rings. The summed E-state index contributed by atoms with van der Waals surface area (Å²) < 4.78 is 38.8. The molecule has 0 aliphatic rings. The quantitative estimate of drug-likeness (QED) is 0.517. The molecular weight excluding hydrogens is 354 g/mol. The number of ketones is 1. The first kappa shape index (κ1) is 18.7. The zero-order valence-electron chi connectivity index (χ0n) is 13.5. The van der Waals surface area contributed by atoms with Gasteiger partial charge < -0.3 is 14.2 Å². The number of hydrogen-bond donors (Lipinski definition) is 0. The molecule has 0 saturated heterocycles. The van der Waals surface area contributed by atoms with E-state index in [2.05, 4.69) is 4.74 Å². The average molecular weight is 369 g/mol. The lowest BCUT2D eigenvalue weighted by Crippen LogP contribution is -2.02. The van der Waals surface area contributed by atoms with Crippen LogP contribution in [0.15, 0.2) is 42.5 Å². The van der Waals surface area contributed by atoms with Crippen LogP contribution in [0.3, 0.4) is 0 Å². The number of alkyl halides is 2. The number of allylic oxidation sites excluding steroid dienone is 1. The molecule has 0 atom stereocenters. The normalized spacial score (nSPS) is 11.0. The highest BCUT2D eigenvalue weighted by Gasteiger charge is 2.10. The van der Waals surface area contributed by atoms with Gasteiger partial charge in [-0.05, 0) is 48.0 Å². The van der Waals surface area contributed by atoms with Crippen LogP contribution in [0, 0.1) is 0 Å². The van der Waals surface area contributed by atoms with Crippen molar-refractivity contribution < 1.29 is 27.8 Å². The summed E-state index contributed by atoms with van der Waals surface area (Å²) in [5.41, 5.74) is 0.984. The molecule has 0 unspecified atom stereocenters. The SMILES string of the molecule is COc1cc(/C=C/C(=O)c2ccc(OC(F)F)cc2)cc(Cl)c1OC. The van der Waals surface area contributed by atoms with Crippen molar-refractivity contribution in [1.82, 2.24) is 0 Å². The lowest BCUT2D eigenvalue weighted by atomic mass is 10.1. The van der Waals surface area contributed by atoms with Gasteiger partial charge in [0.2, 0.25) is 0 Å². The van der Waals surface area contributed by atoms with Gasteiger partial charge in [-0.15, -0.1) is 0 Å². The maximum atomic E-state index is 12.1. The highest BCUT2D eigenvalue weighted by Crippen LogP contribution is 2.36. The van der Waals surface area contributed by atoms with Crippen LogP contribution >= 0.6 is 11.6 Å². The van der Waals surface area contributed by atoms with E-state index in [1.165, 1.54) is 44.6 Å². The number of carbonyl (C=O) groups excluding carboxylic acids is 1. The number of methoxy groups -OCH3 is 2. The van der Waals surface area contributed by atoms with Gasteiger partial charge in [0, 0.05) is 5.56 Å². The number of rotatable bonds is 7. The zero-order valence-corrected chi connectivity index (χ0v) is 14.2. The second-order valence-corrected chi connectivity index (χ2v) is 5.25. The van der Waals surface area contributed by atoms with Crippen molar-refractivity contribution in [2.24, 2.45) is 0 Å². The third-order valence-electron chi connectivity index (χ3n) is 3.25. The summed E-state index contributed by atoms with van der Waals surface area (Å²) in [6.07, 6.45) is 2.92. The number of benzene rings is 2. The van der Waals surface area contributed by atoms with Gasteiger partial charge in [-0.2, -0.15) is 8.78 Å². The lowest BCUT2D eigenvalue weighted by Gasteiger charge is -2.10. The van der Waals surface area contributed by atoms with Crippen molar-refractivity contribution in [3.63, 3.8) is 0 Å². The summed E-state index contributed by atoms with van der Waals surface area (Å²) in [7, 11) is 2.96. The second-order valence-electron chi connectivity index (χ2n) is 4.84. The molecule has 2 rings (SSSR count). The van der Waals surface area contributed by atoms with Crippen molar-refractivity contribution in [2.75, 3.05) is 14.2 Å². The molecule has 0 fully saturated rings. The maximum absolute atomic E-state index is 12.1. The second kappa shape index (κ2) is 8.48. The van der Waals surface area contributed by atoms with Crippen LogP contribution in [0.1, 0.15) is 15.9 Å². The molecule has 132 valence electrons. The first-order valence-corrected chi connectivity index (χ1v) is 7.51. The fourth-order valence-electron chi connectivity index (χ4n) is 2.10. The molecule has 0 aliphatic heterocycles. The summed E-state index contributed by atoms with van der Waals surface area (Å²) in [4.78, 5) is 12.1. The Kier molecular flexibility index (Phi) is 6.36. The Balaban J connectivity index is 2.16. The van der Waals surface area contributed by atoms with Crippen LogP contribution in [0.2, 0.25) is 5.02 Å². The van der Waals surface area contributed by atoms with E-state index in [4.69, 9.17) is 21.1 Å². The summed E-state index contributed by atoms with van der Waals surface area (Å²) in [6.45, 7) is -2.91. The maximum Gasteiger partial charge on any atom is 0.387 e. The van der Waals surface area contributed by atoms with Gasteiger partial charge in [-0.1, -0.05) is 17.7 Å². The molecule has 0 amide bonds. The third-order valence-corrected chi connectivity index (χ3v) is 3.53. The molecule has 4 nitrogen and oxygen atoms in total. The van der Waals surface area contributed by atoms with E-state index in [1.54, 1.807) is 18.2 Å². The monoisotopic (exact) mass is 368 g/mol. The molecule has 25 heavy (non-hydrogen) atoms. The van der Waals surface area contributed by atoms with E-state index in [0.717, 1.165) is 0 Å². The fourth-order valence-corrected chi connectivity index (χ4v) is 2.40. The van der Waals surface area contributed by atoms with Crippen molar-refractivity contribution in [3.05, 3.63) is 58.6 Å². The Morgan fingerprint density at radius 1 is 1.12 bits per heavy atom. The Hall–Kier alpha value is -2.60. The van der Waals surface area contributed by atoms with E-state index >= 15 is 0 Å². The van der Waals surface area contributed by atoms with Crippen molar-refractivity contribution >= 4 is 23.5 Å². The van der Waals surface area contributed by atoms with E-state index in [1.807, 2.05) is 0 Å². The summed E-state index contributed by atoms with van der Waals surface area (Å²) in [6, 6.07) is 8.74. The largest absolute Gasteiger partial charge is 0.493 e. The third kappa shape index (κ3) is 4.93. The smallest absolute Gasteiger partial charge is 0.387 e. The van der Waals surface area contributed by atoms with E-state index in [0.29, 0.717) is 27.6 Å². The zero-order chi connectivity index (χ0) is 18.4.